The SMILES string of the molecule is CCOC(=O)c1cc(NC(=O)Cn2nc(C)c([N+](=O)[O-])c2C)cc(C(=O)OCC)c1. The molecule has 0 aliphatic heterocycles. The summed E-state index contributed by atoms with van der Waals surface area (Å²) >= 11 is 0. The molecule has 0 aliphatic rings. The maximum atomic E-state index is 12.5. The number of hydrogen-bond acceptors (Lipinski definition) is 8. The normalized spacial score (nSPS) is 10.4. The predicted octanol–water partition coefficient (Wildman–Crippen LogP) is 2.40. The van der Waals surface area contributed by atoms with Crippen LogP contribution in [0.4, 0.5) is 11.4 Å². The van der Waals surface area contributed by atoms with Crippen LogP contribution in [0.15, 0.2) is 18.2 Å². The largest absolute Gasteiger partial charge is 0.462 e. The van der Waals surface area contributed by atoms with E-state index in [2.05, 4.69) is 10.4 Å². The standard InChI is InChI=1S/C19H22N4O7/c1-5-29-18(25)13-7-14(19(26)30-6-2)9-15(8-13)20-16(24)10-22-12(4)17(23(27)28)11(3)21-22/h7-9H,5-6,10H2,1-4H3,(H,20,24). The number of nitrogens with one attached hydrogen (secondary N) is 1. The van der Waals surface area contributed by atoms with Crippen LogP contribution in [0.2, 0.25) is 0 Å². The van der Waals surface area contributed by atoms with E-state index in [0.717, 1.165) is 0 Å². The molecule has 1 amide bonds. The summed E-state index contributed by atoms with van der Waals surface area (Å²) in [6.07, 6.45) is 0. The van der Waals surface area contributed by atoms with E-state index in [-0.39, 0.29) is 53.6 Å². The summed E-state index contributed by atoms with van der Waals surface area (Å²) in [6, 6.07) is 4.04. The maximum absolute atomic E-state index is 12.5. The Kier molecular flexibility index (Phi) is 7.23. The number of anilines is 1. The Morgan fingerprint density at radius 3 is 2.03 bits per heavy atom. The third-order valence-corrected chi connectivity index (χ3v) is 4.06. The summed E-state index contributed by atoms with van der Waals surface area (Å²) in [5, 5.41) is 17.7. The van der Waals surface area contributed by atoms with Crippen LogP contribution in [0.25, 0.3) is 0 Å². The van der Waals surface area contributed by atoms with E-state index in [1.165, 1.54) is 36.7 Å². The number of aromatic nitrogens is 2. The van der Waals surface area contributed by atoms with Crippen LogP contribution in [-0.4, -0.2) is 45.8 Å². The number of rotatable bonds is 8. The van der Waals surface area contributed by atoms with Gasteiger partial charge >= 0.3 is 17.6 Å². The molecule has 30 heavy (non-hydrogen) atoms. The van der Waals surface area contributed by atoms with Crippen molar-refractivity contribution in [2.75, 3.05) is 18.5 Å². The van der Waals surface area contributed by atoms with Crippen molar-refractivity contribution < 1.29 is 28.8 Å². The highest BCUT2D eigenvalue weighted by atomic mass is 16.6. The molecule has 0 spiro atoms. The second-order valence-electron chi connectivity index (χ2n) is 6.22. The number of esters is 2. The first-order valence-corrected chi connectivity index (χ1v) is 9.15. The molecule has 160 valence electrons. The minimum absolute atomic E-state index is 0.0689. The molecule has 11 heteroatoms. The summed E-state index contributed by atoms with van der Waals surface area (Å²) in [4.78, 5) is 47.2. The zero-order valence-corrected chi connectivity index (χ0v) is 17.1. The van der Waals surface area contributed by atoms with Gasteiger partial charge in [0.2, 0.25) is 5.91 Å². The molecule has 1 N–H and O–H groups in total. The molecule has 2 aromatic rings. The average molecular weight is 418 g/mol. The van der Waals surface area contributed by atoms with E-state index in [0.29, 0.717) is 0 Å². The fourth-order valence-electron chi connectivity index (χ4n) is 2.81. The van der Waals surface area contributed by atoms with Crippen molar-refractivity contribution in [3.63, 3.8) is 0 Å². The number of nitro groups is 1. The lowest BCUT2D eigenvalue weighted by atomic mass is 10.1. The fraction of sp³-hybridized carbons (Fsp3) is 0.368. The molecule has 1 heterocycles. The smallest absolute Gasteiger partial charge is 0.338 e. The number of ether oxygens (including phenoxy) is 2. The van der Waals surface area contributed by atoms with E-state index >= 15 is 0 Å². The fourth-order valence-corrected chi connectivity index (χ4v) is 2.81. The van der Waals surface area contributed by atoms with Crippen molar-refractivity contribution in [1.29, 1.82) is 0 Å². The molecule has 0 radical (unpaired) electrons. The topological polar surface area (TPSA) is 143 Å². The minimum atomic E-state index is -0.659. The van der Waals surface area contributed by atoms with Crippen molar-refractivity contribution in [2.24, 2.45) is 0 Å². The monoisotopic (exact) mass is 418 g/mol. The summed E-state index contributed by atoms with van der Waals surface area (Å²) in [7, 11) is 0. The Hall–Kier alpha value is -3.76. The molecule has 0 unspecified atom stereocenters. The molecule has 0 saturated heterocycles. The Morgan fingerprint density at radius 1 is 1.07 bits per heavy atom. The number of aryl methyl sites for hydroxylation is 1. The van der Waals surface area contributed by atoms with Gasteiger partial charge in [-0.2, -0.15) is 5.10 Å². The van der Waals surface area contributed by atoms with Crippen LogP contribution in [0.3, 0.4) is 0 Å². The van der Waals surface area contributed by atoms with Gasteiger partial charge in [0.25, 0.3) is 0 Å². The van der Waals surface area contributed by atoms with E-state index in [9.17, 15) is 24.5 Å². The van der Waals surface area contributed by atoms with Gasteiger partial charge in [0.05, 0.1) is 29.3 Å². The molecule has 1 aromatic carbocycles. The number of carbonyl (C=O) groups excluding carboxylic acids is 3. The van der Waals surface area contributed by atoms with Crippen LogP contribution in [0.5, 0.6) is 0 Å². The highest BCUT2D eigenvalue weighted by Gasteiger charge is 2.23. The third kappa shape index (κ3) is 5.19. The van der Waals surface area contributed by atoms with Gasteiger partial charge in [0.1, 0.15) is 17.9 Å². The Morgan fingerprint density at radius 2 is 1.60 bits per heavy atom. The summed E-state index contributed by atoms with van der Waals surface area (Å²) in [5.41, 5.74) is 0.583. The van der Waals surface area contributed by atoms with Crippen molar-refractivity contribution in [3.8, 4) is 0 Å². The second kappa shape index (κ2) is 9.63. The Bertz CT molecular complexity index is 961. The minimum Gasteiger partial charge on any atom is -0.462 e. The van der Waals surface area contributed by atoms with E-state index in [4.69, 9.17) is 9.47 Å². The zero-order valence-electron chi connectivity index (χ0n) is 17.1. The summed E-state index contributed by atoms with van der Waals surface area (Å²) in [6.45, 7) is 6.24. The quantitative estimate of drug-likeness (QED) is 0.391. The molecular formula is C19H22N4O7. The van der Waals surface area contributed by atoms with Crippen molar-refractivity contribution >= 4 is 29.2 Å². The van der Waals surface area contributed by atoms with Gasteiger partial charge in [-0.3, -0.25) is 19.6 Å². The van der Waals surface area contributed by atoms with Gasteiger partial charge in [-0.25, -0.2) is 9.59 Å². The van der Waals surface area contributed by atoms with E-state index in [1.807, 2.05) is 0 Å². The molecule has 0 bridgehead atoms. The van der Waals surface area contributed by atoms with Crippen LogP contribution >= 0.6 is 0 Å². The van der Waals surface area contributed by atoms with Gasteiger partial charge in [-0.1, -0.05) is 0 Å². The van der Waals surface area contributed by atoms with Crippen LogP contribution in [0.1, 0.15) is 46.0 Å². The second-order valence-corrected chi connectivity index (χ2v) is 6.22. The summed E-state index contributed by atoms with van der Waals surface area (Å²) < 4.78 is 11.1. The van der Waals surface area contributed by atoms with Crippen molar-refractivity contribution in [3.05, 3.63) is 50.8 Å². The van der Waals surface area contributed by atoms with E-state index in [1.54, 1.807) is 13.8 Å². The van der Waals surface area contributed by atoms with Gasteiger partial charge < -0.3 is 14.8 Å². The zero-order chi connectivity index (χ0) is 22.4. The molecule has 0 aliphatic carbocycles. The Balaban J connectivity index is 2.29. The number of benzene rings is 1. The van der Waals surface area contributed by atoms with Crippen molar-refractivity contribution in [1.82, 2.24) is 9.78 Å². The van der Waals surface area contributed by atoms with Gasteiger partial charge in [-0.05, 0) is 45.9 Å². The Labute approximate surface area is 172 Å². The number of carbonyl (C=O) groups is 3. The lowest BCUT2D eigenvalue weighted by Gasteiger charge is -2.11. The molecule has 0 saturated carbocycles. The lowest BCUT2D eigenvalue weighted by Crippen LogP contribution is -2.21. The average Bonchev–Trinajstić information content (AvgIpc) is 2.94. The first-order valence-electron chi connectivity index (χ1n) is 9.15. The number of amides is 1. The highest BCUT2D eigenvalue weighted by molar-refractivity contribution is 5.99. The van der Waals surface area contributed by atoms with Gasteiger partial charge in [0.15, 0.2) is 0 Å². The maximum Gasteiger partial charge on any atom is 0.338 e. The van der Waals surface area contributed by atoms with Crippen LogP contribution in [0, 0.1) is 24.0 Å². The number of nitrogens with zero attached hydrogens (tertiary/aromatic N) is 3. The van der Waals surface area contributed by atoms with E-state index < -0.39 is 22.8 Å². The molecule has 0 fully saturated rings. The van der Waals surface area contributed by atoms with Gasteiger partial charge in [0, 0.05) is 5.69 Å². The van der Waals surface area contributed by atoms with Gasteiger partial charge in [-0.15, -0.1) is 0 Å². The summed E-state index contributed by atoms with van der Waals surface area (Å²) in [5.74, 6) is -1.87. The molecule has 11 nitrogen and oxygen atoms in total. The molecule has 0 atom stereocenters. The molecular weight excluding hydrogens is 396 g/mol. The lowest BCUT2D eigenvalue weighted by molar-refractivity contribution is -0.386. The highest BCUT2D eigenvalue weighted by Crippen LogP contribution is 2.22. The first-order chi connectivity index (χ1) is 14.2. The van der Waals surface area contributed by atoms with Crippen molar-refractivity contribution in [2.45, 2.75) is 34.2 Å². The number of hydrogen-bond donors (Lipinski definition) is 1. The molecule has 2 rings (SSSR count). The first kappa shape index (κ1) is 22.5. The molecule has 1 aromatic heterocycles. The van der Waals surface area contributed by atoms with Crippen LogP contribution < -0.4 is 5.32 Å². The third-order valence-electron chi connectivity index (χ3n) is 4.06. The predicted molar refractivity (Wildman–Crippen MR) is 105 cm³/mol. The van der Waals surface area contributed by atoms with Crippen LogP contribution in [-0.2, 0) is 20.8 Å².